The van der Waals surface area contributed by atoms with E-state index >= 15 is 0 Å². The molecule has 1 fully saturated rings. The van der Waals surface area contributed by atoms with Crippen LogP contribution in [0, 0.1) is 0 Å². The van der Waals surface area contributed by atoms with Gasteiger partial charge in [-0.05, 0) is 19.1 Å². The molecule has 0 spiro atoms. The molecule has 1 aliphatic rings. The Morgan fingerprint density at radius 3 is 2.69 bits per heavy atom. The Bertz CT molecular complexity index is 154. The fourth-order valence-corrected chi connectivity index (χ4v) is 2.64. The van der Waals surface area contributed by atoms with Crippen LogP contribution in [0.25, 0.3) is 0 Å². The van der Waals surface area contributed by atoms with Crippen molar-refractivity contribution in [3.8, 4) is 0 Å². The smallest absolute Gasteiger partial charge is 0.310 e. The number of alkyl halides is 3. The van der Waals surface area contributed by atoms with Crippen molar-refractivity contribution in [2.45, 2.75) is 38.0 Å². The van der Waals surface area contributed by atoms with Gasteiger partial charge < -0.3 is 5.32 Å². The quantitative estimate of drug-likeness (QED) is 0.772. The Morgan fingerprint density at radius 1 is 1.54 bits per heavy atom. The Hall–Kier alpha value is 0.100. The zero-order valence-electron chi connectivity index (χ0n) is 7.53. The third-order valence-electron chi connectivity index (χ3n) is 1.99. The second kappa shape index (κ2) is 4.55. The lowest BCUT2D eigenvalue weighted by molar-refractivity contribution is -0.139. The van der Waals surface area contributed by atoms with Gasteiger partial charge in [0.05, 0.1) is 6.42 Å². The van der Waals surface area contributed by atoms with E-state index < -0.39 is 18.6 Å². The van der Waals surface area contributed by atoms with Crippen LogP contribution in [0.2, 0.25) is 0 Å². The number of nitrogens with one attached hydrogen (secondary N) is 1. The summed E-state index contributed by atoms with van der Waals surface area (Å²) in [7, 11) is 0. The standard InChI is InChI=1S/C8H14F3NS/c1-6(4-8(9,10)11)12-7-2-3-13-5-7/h6-7,12H,2-5H2,1H3. The summed E-state index contributed by atoms with van der Waals surface area (Å²) >= 11 is 1.80. The summed E-state index contributed by atoms with van der Waals surface area (Å²) in [6.45, 7) is 1.59. The molecule has 0 radical (unpaired) electrons. The summed E-state index contributed by atoms with van der Waals surface area (Å²) in [6.07, 6.45) is -3.78. The number of hydrogen-bond donors (Lipinski definition) is 1. The third-order valence-corrected chi connectivity index (χ3v) is 3.15. The first-order chi connectivity index (χ1) is 5.97. The van der Waals surface area contributed by atoms with Gasteiger partial charge in [0.15, 0.2) is 0 Å². The highest BCUT2D eigenvalue weighted by Crippen LogP contribution is 2.23. The largest absolute Gasteiger partial charge is 0.390 e. The number of thioether (sulfide) groups is 1. The van der Waals surface area contributed by atoms with Gasteiger partial charge in [0.2, 0.25) is 0 Å². The minimum absolute atomic E-state index is 0.280. The van der Waals surface area contributed by atoms with Crippen molar-refractivity contribution in [3.05, 3.63) is 0 Å². The molecule has 1 aliphatic heterocycles. The van der Waals surface area contributed by atoms with E-state index in [2.05, 4.69) is 5.32 Å². The van der Waals surface area contributed by atoms with E-state index in [4.69, 9.17) is 0 Å². The highest BCUT2D eigenvalue weighted by Gasteiger charge is 2.31. The first kappa shape index (κ1) is 11.2. The number of rotatable bonds is 3. The lowest BCUT2D eigenvalue weighted by atomic mass is 10.2. The summed E-state index contributed by atoms with van der Waals surface area (Å²) in [5.41, 5.74) is 0. The minimum Gasteiger partial charge on any atom is -0.310 e. The van der Waals surface area contributed by atoms with Gasteiger partial charge in [-0.1, -0.05) is 0 Å². The van der Waals surface area contributed by atoms with Crippen molar-refractivity contribution in [3.63, 3.8) is 0 Å². The predicted molar refractivity (Wildman–Crippen MR) is 49.0 cm³/mol. The third kappa shape index (κ3) is 4.76. The van der Waals surface area contributed by atoms with E-state index in [-0.39, 0.29) is 6.04 Å². The van der Waals surface area contributed by atoms with Crippen molar-refractivity contribution in [1.29, 1.82) is 0 Å². The fourth-order valence-electron chi connectivity index (χ4n) is 1.47. The second-order valence-electron chi connectivity index (χ2n) is 3.45. The fraction of sp³-hybridized carbons (Fsp3) is 1.00. The molecule has 0 aromatic rings. The van der Waals surface area contributed by atoms with Crippen LogP contribution in [0.5, 0.6) is 0 Å². The van der Waals surface area contributed by atoms with Crippen molar-refractivity contribution in [2.75, 3.05) is 11.5 Å². The predicted octanol–water partition coefficient (Wildman–Crippen LogP) is 2.42. The van der Waals surface area contributed by atoms with Crippen LogP contribution in [-0.2, 0) is 0 Å². The molecule has 0 aromatic heterocycles. The molecule has 1 nitrogen and oxygen atoms in total. The maximum absolute atomic E-state index is 11.9. The normalized spacial score (nSPS) is 26.3. The molecular formula is C8H14F3NS. The van der Waals surface area contributed by atoms with Crippen molar-refractivity contribution >= 4 is 11.8 Å². The lowest BCUT2D eigenvalue weighted by Gasteiger charge is -2.19. The molecule has 0 amide bonds. The molecule has 5 heteroatoms. The summed E-state index contributed by atoms with van der Waals surface area (Å²) in [5.74, 6) is 2.01. The molecule has 1 rings (SSSR count). The average molecular weight is 213 g/mol. The Labute approximate surface area is 80.5 Å². The molecule has 78 valence electrons. The first-order valence-electron chi connectivity index (χ1n) is 4.38. The van der Waals surface area contributed by atoms with Gasteiger partial charge in [0, 0.05) is 17.8 Å². The van der Waals surface area contributed by atoms with Crippen LogP contribution in [0.3, 0.4) is 0 Å². The molecule has 1 heterocycles. The summed E-state index contributed by atoms with van der Waals surface area (Å²) < 4.78 is 35.8. The van der Waals surface area contributed by atoms with Crippen molar-refractivity contribution < 1.29 is 13.2 Å². The molecule has 0 saturated carbocycles. The summed E-state index contributed by atoms with van der Waals surface area (Å²) in [4.78, 5) is 0. The van der Waals surface area contributed by atoms with E-state index in [1.54, 1.807) is 18.7 Å². The molecule has 13 heavy (non-hydrogen) atoms. The molecule has 0 bridgehead atoms. The first-order valence-corrected chi connectivity index (χ1v) is 5.53. The molecule has 2 atom stereocenters. The molecule has 0 aliphatic carbocycles. The van der Waals surface area contributed by atoms with Gasteiger partial charge in [-0.2, -0.15) is 24.9 Å². The van der Waals surface area contributed by atoms with Crippen LogP contribution in [-0.4, -0.2) is 29.8 Å². The highest BCUT2D eigenvalue weighted by atomic mass is 32.2. The van der Waals surface area contributed by atoms with E-state index in [9.17, 15) is 13.2 Å². The van der Waals surface area contributed by atoms with E-state index in [0.717, 1.165) is 17.9 Å². The second-order valence-corrected chi connectivity index (χ2v) is 4.60. The van der Waals surface area contributed by atoms with E-state index in [1.165, 1.54) is 0 Å². The molecular weight excluding hydrogens is 199 g/mol. The van der Waals surface area contributed by atoms with Gasteiger partial charge in [0.1, 0.15) is 0 Å². The maximum Gasteiger partial charge on any atom is 0.390 e. The number of hydrogen-bond acceptors (Lipinski definition) is 2. The van der Waals surface area contributed by atoms with Gasteiger partial charge in [-0.15, -0.1) is 0 Å². The zero-order chi connectivity index (χ0) is 9.90. The van der Waals surface area contributed by atoms with Crippen LogP contribution in [0.15, 0.2) is 0 Å². The minimum atomic E-state index is -4.04. The van der Waals surface area contributed by atoms with Crippen molar-refractivity contribution in [2.24, 2.45) is 0 Å². The molecule has 1 saturated heterocycles. The highest BCUT2D eigenvalue weighted by molar-refractivity contribution is 7.99. The van der Waals surface area contributed by atoms with Gasteiger partial charge in [0.25, 0.3) is 0 Å². The number of halogens is 3. The molecule has 0 aromatic carbocycles. The van der Waals surface area contributed by atoms with Crippen molar-refractivity contribution in [1.82, 2.24) is 5.32 Å². The van der Waals surface area contributed by atoms with E-state index in [0.29, 0.717) is 0 Å². The molecule has 1 N–H and O–H groups in total. The SMILES string of the molecule is CC(CC(F)(F)F)NC1CCSC1. The van der Waals surface area contributed by atoms with Gasteiger partial charge >= 0.3 is 6.18 Å². The van der Waals surface area contributed by atoms with E-state index in [1.807, 2.05) is 0 Å². The Balaban J connectivity index is 2.20. The Kier molecular flexibility index (Phi) is 3.91. The summed E-state index contributed by atoms with van der Waals surface area (Å²) in [6, 6.07) is -0.175. The van der Waals surface area contributed by atoms with Crippen LogP contribution < -0.4 is 5.32 Å². The zero-order valence-corrected chi connectivity index (χ0v) is 8.34. The van der Waals surface area contributed by atoms with Gasteiger partial charge in [-0.3, -0.25) is 0 Å². The Morgan fingerprint density at radius 2 is 2.23 bits per heavy atom. The summed E-state index contributed by atoms with van der Waals surface area (Å²) in [5, 5.41) is 2.99. The lowest BCUT2D eigenvalue weighted by Crippen LogP contribution is -2.39. The average Bonchev–Trinajstić information content (AvgIpc) is 2.34. The van der Waals surface area contributed by atoms with Crippen LogP contribution >= 0.6 is 11.8 Å². The monoisotopic (exact) mass is 213 g/mol. The van der Waals surface area contributed by atoms with Crippen LogP contribution in [0.1, 0.15) is 19.8 Å². The molecule has 2 unspecified atom stereocenters. The maximum atomic E-state index is 11.9. The topological polar surface area (TPSA) is 12.0 Å². The van der Waals surface area contributed by atoms with Crippen LogP contribution in [0.4, 0.5) is 13.2 Å². The van der Waals surface area contributed by atoms with Gasteiger partial charge in [-0.25, -0.2) is 0 Å².